The summed E-state index contributed by atoms with van der Waals surface area (Å²) in [7, 11) is -0.613. The zero-order valence-electron chi connectivity index (χ0n) is 18.9. The quantitative estimate of drug-likeness (QED) is 0.289. The maximum absolute atomic E-state index is 2.38. The second kappa shape index (κ2) is 9.54. The van der Waals surface area contributed by atoms with Crippen LogP contribution in [0.25, 0.3) is 0 Å². The molecule has 2 aliphatic carbocycles. The topological polar surface area (TPSA) is 0 Å². The van der Waals surface area contributed by atoms with Crippen LogP contribution in [0.15, 0.2) is 121 Å². The number of hydrogen-bond donors (Lipinski definition) is 0. The van der Waals surface area contributed by atoms with Gasteiger partial charge in [0.1, 0.15) is 0 Å². The van der Waals surface area contributed by atoms with Crippen molar-refractivity contribution < 1.29 is 0 Å². The highest BCUT2D eigenvalue weighted by Gasteiger charge is 2.51. The molecule has 2 heteroatoms. The van der Waals surface area contributed by atoms with Crippen molar-refractivity contribution >= 4 is 37.1 Å². The average Bonchev–Trinajstić information content (AvgIpc) is 3.48. The van der Waals surface area contributed by atoms with Crippen molar-refractivity contribution in [2.24, 2.45) is 11.8 Å². The van der Waals surface area contributed by atoms with E-state index in [4.69, 9.17) is 0 Å². The molecule has 4 atom stereocenters. The van der Waals surface area contributed by atoms with Gasteiger partial charge in [0.15, 0.2) is 0 Å². The van der Waals surface area contributed by atoms with E-state index in [9.17, 15) is 0 Å². The third-order valence-electron chi connectivity index (χ3n) is 7.58. The fraction of sp³-hybridized carbons (Fsp3) is 0.226. The Kier molecular flexibility index (Phi) is 6.15. The Balaban J connectivity index is 1.32. The van der Waals surface area contributed by atoms with Gasteiger partial charge in [0.25, 0.3) is 0 Å². The van der Waals surface area contributed by atoms with Crippen LogP contribution in [0.4, 0.5) is 0 Å². The van der Waals surface area contributed by atoms with Gasteiger partial charge in [-0.1, -0.05) is 121 Å². The highest BCUT2D eigenvalue weighted by atomic mass is 31.1. The zero-order chi connectivity index (χ0) is 22.0. The monoisotopic (exact) mass is 464 g/mol. The maximum Gasteiger partial charge on any atom is -0.00972 e. The molecule has 0 spiro atoms. The lowest BCUT2D eigenvalue weighted by Crippen LogP contribution is -2.32. The normalized spacial score (nSPS) is 23.9. The van der Waals surface area contributed by atoms with Crippen LogP contribution in [0.2, 0.25) is 0 Å². The largest absolute Gasteiger partial charge is 0.0622 e. The number of benzene rings is 4. The minimum absolute atomic E-state index is 0.306. The van der Waals surface area contributed by atoms with Crippen molar-refractivity contribution in [1.29, 1.82) is 0 Å². The number of fused-ring (bicyclic) bond motifs is 2. The lowest BCUT2D eigenvalue weighted by molar-refractivity contribution is 0.498. The van der Waals surface area contributed by atoms with Crippen molar-refractivity contribution in [3.8, 4) is 0 Å². The molecule has 2 fully saturated rings. The van der Waals surface area contributed by atoms with E-state index in [2.05, 4.69) is 121 Å². The van der Waals surface area contributed by atoms with Crippen LogP contribution in [0.3, 0.4) is 0 Å². The molecule has 164 valence electrons. The molecule has 0 aromatic heterocycles. The highest BCUT2D eigenvalue weighted by molar-refractivity contribution is 7.74. The van der Waals surface area contributed by atoms with E-state index in [1.807, 2.05) is 0 Å². The molecule has 6 rings (SSSR count). The smallest absolute Gasteiger partial charge is 0.00972 e. The van der Waals surface area contributed by atoms with E-state index < -0.39 is 0 Å². The van der Waals surface area contributed by atoms with Crippen LogP contribution in [0.5, 0.6) is 0 Å². The van der Waals surface area contributed by atoms with Crippen LogP contribution >= 0.6 is 15.8 Å². The molecule has 2 bridgehead atoms. The van der Waals surface area contributed by atoms with Gasteiger partial charge in [-0.2, -0.15) is 0 Å². The summed E-state index contributed by atoms with van der Waals surface area (Å²) in [6.45, 7) is 0. The summed E-state index contributed by atoms with van der Waals surface area (Å²) in [5.74, 6) is 1.70. The van der Waals surface area contributed by atoms with Gasteiger partial charge in [-0.3, -0.25) is 0 Å². The van der Waals surface area contributed by atoms with Gasteiger partial charge in [-0.15, -0.1) is 0 Å². The first-order chi connectivity index (χ1) is 16.4. The van der Waals surface area contributed by atoms with Crippen LogP contribution < -0.4 is 21.2 Å². The Hall–Kier alpha value is -2.26. The summed E-state index contributed by atoms with van der Waals surface area (Å²) >= 11 is 0. The predicted molar refractivity (Wildman–Crippen MR) is 147 cm³/mol. The molecule has 0 nitrogen and oxygen atoms in total. The standard InChI is InChI=1S/C31H30P2/c1-5-13-26(14-6-1)32(27-15-7-2-8-16-27)30-22-25-21-24(30)23-31(25)33(28-17-9-3-10-18-28)29-19-11-4-12-20-29/h1-20,24-25,30-31H,21-23H2/t24-,25-,30-,31-/m0/s1. The highest BCUT2D eigenvalue weighted by Crippen LogP contribution is 2.64. The summed E-state index contributed by atoms with van der Waals surface area (Å²) < 4.78 is 0. The van der Waals surface area contributed by atoms with E-state index in [0.29, 0.717) is 0 Å². The molecule has 0 N–H and O–H groups in total. The van der Waals surface area contributed by atoms with Crippen molar-refractivity contribution in [2.45, 2.75) is 30.6 Å². The Morgan fingerprint density at radius 2 is 0.636 bits per heavy atom. The number of rotatable bonds is 6. The molecule has 0 amide bonds. The first-order valence-corrected chi connectivity index (χ1v) is 15.0. The summed E-state index contributed by atoms with van der Waals surface area (Å²) in [4.78, 5) is 0. The minimum Gasteiger partial charge on any atom is -0.0622 e. The van der Waals surface area contributed by atoms with E-state index in [1.165, 1.54) is 19.3 Å². The predicted octanol–water partition coefficient (Wildman–Crippen LogP) is 6.42. The van der Waals surface area contributed by atoms with Gasteiger partial charge in [-0.05, 0) is 79.5 Å². The number of hydrogen-bond acceptors (Lipinski definition) is 0. The third kappa shape index (κ3) is 4.21. The third-order valence-corrected chi connectivity index (χ3v) is 13.6. The molecule has 0 aliphatic heterocycles. The summed E-state index contributed by atoms with van der Waals surface area (Å²) in [5, 5.41) is 6.23. The van der Waals surface area contributed by atoms with Gasteiger partial charge in [0.2, 0.25) is 0 Å². The zero-order valence-corrected chi connectivity index (χ0v) is 20.7. The molecular formula is C31H30P2. The van der Waals surface area contributed by atoms with E-state index in [-0.39, 0.29) is 15.8 Å². The Labute approximate surface area is 200 Å². The second-order valence-electron chi connectivity index (χ2n) is 9.44. The average molecular weight is 465 g/mol. The summed E-state index contributed by atoms with van der Waals surface area (Å²) in [6, 6.07) is 45.5. The molecule has 0 radical (unpaired) electrons. The van der Waals surface area contributed by atoms with Gasteiger partial charge in [0.05, 0.1) is 0 Å². The van der Waals surface area contributed by atoms with Crippen LogP contribution in [0, 0.1) is 11.8 Å². The van der Waals surface area contributed by atoms with Crippen molar-refractivity contribution in [1.82, 2.24) is 0 Å². The van der Waals surface area contributed by atoms with Crippen molar-refractivity contribution in [3.63, 3.8) is 0 Å². The Bertz CT molecular complexity index is 987. The molecule has 33 heavy (non-hydrogen) atoms. The lowest BCUT2D eigenvalue weighted by atomic mass is 9.99. The SMILES string of the molecule is c1ccc(P(c2ccccc2)[C@H]2C[C@@H]3C[C@H]2C[C@@H]3P(c2ccccc2)c2ccccc2)cc1. The molecule has 4 aromatic rings. The molecule has 0 heterocycles. The lowest BCUT2D eigenvalue weighted by Gasteiger charge is -2.38. The van der Waals surface area contributed by atoms with E-state index >= 15 is 0 Å². The summed E-state index contributed by atoms with van der Waals surface area (Å²) in [6.07, 6.45) is 4.21. The second-order valence-corrected chi connectivity index (χ2v) is 14.3. The maximum atomic E-state index is 2.38. The molecular weight excluding hydrogens is 434 g/mol. The van der Waals surface area contributed by atoms with E-state index in [0.717, 1.165) is 23.2 Å². The van der Waals surface area contributed by atoms with Crippen LogP contribution in [-0.2, 0) is 0 Å². The molecule has 2 saturated carbocycles. The van der Waals surface area contributed by atoms with Gasteiger partial charge >= 0.3 is 0 Å². The van der Waals surface area contributed by atoms with Gasteiger partial charge in [-0.25, -0.2) is 0 Å². The fourth-order valence-electron chi connectivity index (χ4n) is 6.27. The van der Waals surface area contributed by atoms with Gasteiger partial charge < -0.3 is 0 Å². The fourth-order valence-corrected chi connectivity index (χ4v) is 12.7. The van der Waals surface area contributed by atoms with Crippen molar-refractivity contribution in [3.05, 3.63) is 121 Å². The first kappa shape index (κ1) is 21.3. The molecule has 2 aliphatic rings. The van der Waals surface area contributed by atoms with Crippen LogP contribution in [0.1, 0.15) is 19.3 Å². The van der Waals surface area contributed by atoms with Crippen LogP contribution in [-0.4, -0.2) is 11.3 Å². The first-order valence-electron chi connectivity index (χ1n) is 12.2. The molecule has 0 saturated heterocycles. The van der Waals surface area contributed by atoms with Gasteiger partial charge in [0, 0.05) is 0 Å². The Morgan fingerprint density at radius 3 is 0.879 bits per heavy atom. The van der Waals surface area contributed by atoms with E-state index in [1.54, 1.807) is 21.2 Å². The Morgan fingerprint density at radius 1 is 0.364 bits per heavy atom. The minimum atomic E-state index is -0.306. The summed E-state index contributed by atoms with van der Waals surface area (Å²) in [5.41, 5.74) is 1.63. The molecule has 0 unspecified atom stereocenters. The molecule has 4 aromatic carbocycles. The van der Waals surface area contributed by atoms with Crippen molar-refractivity contribution in [2.75, 3.05) is 0 Å².